The molecule has 12 heteroatoms. The first-order valence-corrected chi connectivity index (χ1v) is 14.2. The van der Waals surface area contributed by atoms with Gasteiger partial charge in [0.2, 0.25) is 0 Å². The first-order valence-electron chi connectivity index (χ1n) is 12.8. The quantitative estimate of drug-likeness (QED) is 0.0934. The Kier molecular flexibility index (Phi) is 9.43. The number of fused-ring (bicyclic) bond motifs is 1. The second-order valence-corrected chi connectivity index (χ2v) is 11.5. The van der Waals surface area contributed by atoms with E-state index in [2.05, 4.69) is 5.32 Å². The number of aromatic nitrogens is 1. The van der Waals surface area contributed by atoms with Crippen molar-refractivity contribution >= 4 is 48.0 Å². The lowest BCUT2D eigenvalue weighted by Gasteiger charge is -2.29. The van der Waals surface area contributed by atoms with Crippen molar-refractivity contribution in [3.63, 3.8) is 0 Å². The molecule has 1 amide bonds. The maximum Gasteiger partial charge on any atom is 0.416 e. The smallest absolute Gasteiger partial charge is 0.372 e. The minimum atomic E-state index is -4.62. The van der Waals surface area contributed by atoms with Crippen LogP contribution in [0.3, 0.4) is 0 Å². The van der Waals surface area contributed by atoms with Crippen molar-refractivity contribution < 1.29 is 32.6 Å². The summed E-state index contributed by atoms with van der Waals surface area (Å²) in [6.07, 6.45) is -4.76. The van der Waals surface area contributed by atoms with E-state index in [1.54, 1.807) is 46.7 Å². The van der Waals surface area contributed by atoms with Crippen LogP contribution in [0.15, 0.2) is 71.6 Å². The van der Waals surface area contributed by atoms with E-state index in [1.807, 2.05) is 19.1 Å². The molecule has 3 aromatic carbocycles. The van der Waals surface area contributed by atoms with Gasteiger partial charge in [-0.05, 0) is 65.4 Å². The SMILES string of the molecule is BC(O)(O)C(NC(=O)c1ccc2c(c1)cc(Cc1ccc(Cl)cc1C(F)(F)F)n2CCF)c1ccc(SCC)cc1. The number of aliphatic hydroxyl groups is 2. The van der Waals surface area contributed by atoms with Gasteiger partial charge >= 0.3 is 6.18 Å². The lowest BCUT2D eigenvalue weighted by Crippen LogP contribution is -2.46. The topological polar surface area (TPSA) is 74.5 Å². The van der Waals surface area contributed by atoms with Crippen LogP contribution < -0.4 is 5.32 Å². The van der Waals surface area contributed by atoms with Gasteiger partial charge in [0, 0.05) is 38.5 Å². The summed E-state index contributed by atoms with van der Waals surface area (Å²) in [5, 5.41) is 24.0. The molecule has 216 valence electrons. The number of hydrogen-bond donors (Lipinski definition) is 3. The first kappa shape index (κ1) is 31.0. The van der Waals surface area contributed by atoms with E-state index >= 15 is 0 Å². The summed E-state index contributed by atoms with van der Waals surface area (Å²) in [6.45, 7) is 1.19. The van der Waals surface area contributed by atoms with E-state index in [1.165, 1.54) is 26.0 Å². The third-order valence-electron chi connectivity index (χ3n) is 6.65. The van der Waals surface area contributed by atoms with Gasteiger partial charge in [-0.15, -0.1) is 11.8 Å². The zero-order chi connectivity index (χ0) is 29.9. The predicted octanol–water partition coefficient (Wildman–Crippen LogP) is 5.73. The molecule has 1 aromatic heterocycles. The number of thioether (sulfide) groups is 1. The normalized spacial score (nSPS) is 13.0. The van der Waals surface area contributed by atoms with Crippen molar-refractivity contribution in [2.75, 3.05) is 12.4 Å². The Morgan fingerprint density at radius 1 is 1.07 bits per heavy atom. The highest BCUT2D eigenvalue weighted by Gasteiger charge is 2.34. The van der Waals surface area contributed by atoms with Crippen LogP contribution in [-0.4, -0.2) is 46.6 Å². The fourth-order valence-electron chi connectivity index (χ4n) is 4.80. The summed E-state index contributed by atoms with van der Waals surface area (Å²) in [6, 6.07) is 15.8. The van der Waals surface area contributed by atoms with Crippen LogP contribution in [0, 0.1) is 0 Å². The highest BCUT2D eigenvalue weighted by atomic mass is 35.5. The molecule has 41 heavy (non-hydrogen) atoms. The number of carbonyl (C=O) groups is 1. The Hall–Kier alpha value is -2.99. The van der Waals surface area contributed by atoms with Gasteiger partial charge in [0.05, 0.1) is 18.2 Å². The van der Waals surface area contributed by atoms with Crippen molar-refractivity contribution in [2.24, 2.45) is 0 Å². The molecule has 0 saturated heterocycles. The molecule has 4 aromatic rings. The van der Waals surface area contributed by atoms with Crippen LogP contribution in [0.2, 0.25) is 5.02 Å². The molecule has 1 heterocycles. The van der Waals surface area contributed by atoms with Crippen LogP contribution in [0.5, 0.6) is 0 Å². The lowest BCUT2D eigenvalue weighted by atomic mass is 9.83. The Balaban J connectivity index is 1.66. The standard InChI is InChI=1S/C29H28BClF4N2O3S/c1-2-41-23-8-4-17(5-9-23)26(28(30,39)40)36-27(38)19-6-10-25-20(13-19)15-22(37(25)12-11-32)14-18-3-7-21(31)16-24(18)29(33,34)35/h3-10,13,15-16,26,39-40H,2,11-12,14,30H2,1H3,(H,36,38). The lowest BCUT2D eigenvalue weighted by molar-refractivity contribution is -0.138. The molecule has 1 unspecified atom stereocenters. The highest BCUT2D eigenvalue weighted by Crippen LogP contribution is 2.35. The van der Waals surface area contributed by atoms with E-state index in [-0.39, 0.29) is 29.1 Å². The molecule has 0 aliphatic rings. The molecule has 3 N–H and O–H groups in total. The highest BCUT2D eigenvalue weighted by molar-refractivity contribution is 7.99. The molecule has 0 aliphatic carbocycles. The molecule has 4 rings (SSSR count). The summed E-state index contributed by atoms with van der Waals surface area (Å²) < 4.78 is 56.1. The fourth-order valence-corrected chi connectivity index (χ4v) is 5.63. The second kappa shape index (κ2) is 12.5. The average Bonchev–Trinajstić information content (AvgIpc) is 3.24. The van der Waals surface area contributed by atoms with E-state index in [9.17, 15) is 32.6 Å². The zero-order valence-corrected chi connectivity index (χ0v) is 23.9. The fraction of sp³-hybridized carbons (Fsp3) is 0.276. The number of benzene rings is 3. The number of nitrogens with zero attached hydrogens (tertiary/aromatic N) is 1. The summed E-state index contributed by atoms with van der Waals surface area (Å²) in [5.74, 6) is 0.285. The summed E-state index contributed by atoms with van der Waals surface area (Å²) >= 11 is 7.44. The molecule has 0 aliphatic heterocycles. The molecule has 0 spiro atoms. The number of rotatable bonds is 10. The van der Waals surface area contributed by atoms with Gasteiger partial charge in [-0.25, -0.2) is 4.39 Å². The molecule has 0 fully saturated rings. The van der Waals surface area contributed by atoms with E-state index in [4.69, 9.17) is 11.6 Å². The van der Waals surface area contributed by atoms with Gasteiger partial charge in [0.25, 0.3) is 5.91 Å². The Bertz CT molecular complexity index is 1540. The Morgan fingerprint density at radius 2 is 1.78 bits per heavy atom. The van der Waals surface area contributed by atoms with Crippen LogP contribution in [0.4, 0.5) is 17.6 Å². The maximum absolute atomic E-state index is 13.7. The number of aryl methyl sites for hydroxylation is 1. The molecule has 0 radical (unpaired) electrons. The van der Waals surface area contributed by atoms with Crippen molar-refractivity contribution in [1.29, 1.82) is 0 Å². The minimum absolute atomic E-state index is 0.0147. The Morgan fingerprint density at radius 3 is 2.39 bits per heavy atom. The minimum Gasteiger partial charge on any atom is -0.372 e. The summed E-state index contributed by atoms with van der Waals surface area (Å²) in [7, 11) is 1.17. The van der Waals surface area contributed by atoms with Gasteiger partial charge in [-0.3, -0.25) is 4.79 Å². The first-order chi connectivity index (χ1) is 19.3. The predicted molar refractivity (Wildman–Crippen MR) is 156 cm³/mol. The maximum atomic E-state index is 13.7. The van der Waals surface area contributed by atoms with E-state index in [0.717, 1.165) is 16.7 Å². The van der Waals surface area contributed by atoms with Crippen LogP contribution in [0.25, 0.3) is 10.9 Å². The number of alkyl halides is 4. The monoisotopic (exact) mass is 606 g/mol. The zero-order valence-electron chi connectivity index (χ0n) is 22.3. The molecule has 0 bridgehead atoms. The van der Waals surface area contributed by atoms with Gasteiger partial charge in [-0.2, -0.15) is 13.2 Å². The average molecular weight is 607 g/mol. The van der Waals surface area contributed by atoms with Gasteiger partial charge in [0.1, 0.15) is 12.4 Å². The number of halogens is 5. The summed E-state index contributed by atoms with van der Waals surface area (Å²) in [4.78, 5) is 14.2. The molecular weight excluding hydrogens is 579 g/mol. The molecular formula is C29H28BClF4N2O3S. The van der Waals surface area contributed by atoms with E-state index in [0.29, 0.717) is 22.2 Å². The summed E-state index contributed by atoms with van der Waals surface area (Å²) in [5.41, 5.74) is -1.49. The van der Waals surface area contributed by atoms with Crippen molar-refractivity contribution in [3.05, 3.63) is 99.7 Å². The van der Waals surface area contributed by atoms with Gasteiger partial charge in [-0.1, -0.05) is 36.7 Å². The number of hydrogen-bond acceptors (Lipinski definition) is 4. The third-order valence-corrected chi connectivity index (χ3v) is 7.78. The van der Waals surface area contributed by atoms with Crippen molar-refractivity contribution in [2.45, 2.75) is 42.7 Å². The Labute approximate surface area is 244 Å². The second-order valence-electron chi connectivity index (χ2n) is 9.73. The number of amides is 1. The largest absolute Gasteiger partial charge is 0.416 e. The molecule has 0 saturated carbocycles. The number of carbonyl (C=O) groups excluding carboxylic acids is 1. The van der Waals surface area contributed by atoms with Crippen LogP contribution in [-0.2, 0) is 19.1 Å². The van der Waals surface area contributed by atoms with E-state index < -0.39 is 36.0 Å². The third kappa shape index (κ3) is 7.27. The molecule has 1 atom stereocenters. The van der Waals surface area contributed by atoms with Crippen molar-refractivity contribution in [1.82, 2.24) is 9.88 Å². The molecule has 5 nitrogen and oxygen atoms in total. The van der Waals surface area contributed by atoms with Crippen LogP contribution >= 0.6 is 23.4 Å². The van der Waals surface area contributed by atoms with Gasteiger partial charge < -0.3 is 20.1 Å². The van der Waals surface area contributed by atoms with Gasteiger partial charge in [0.15, 0.2) is 7.85 Å². The van der Waals surface area contributed by atoms with Crippen LogP contribution in [0.1, 0.15) is 45.7 Å². The van der Waals surface area contributed by atoms with Crippen molar-refractivity contribution in [3.8, 4) is 0 Å². The number of nitrogens with one attached hydrogen (secondary N) is 1.